The molecule has 1 amide bonds. The van der Waals surface area contributed by atoms with Crippen LogP contribution in [0, 0.1) is 5.41 Å². The molecule has 3 aromatic rings. The Labute approximate surface area is 222 Å². The summed E-state index contributed by atoms with van der Waals surface area (Å²) in [6.07, 6.45) is 1.57. The van der Waals surface area contributed by atoms with Crippen LogP contribution in [0.4, 0.5) is 0 Å². The van der Waals surface area contributed by atoms with Gasteiger partial charge in [0.05, 0.1) is 21.3 Å². The van der Waals surface area contributed by atoms with Crippen LogP contribution in [-0.2, 0) is 4.79 Å². The van der Waals surface area contributed by atoms with Gasteiger partial charge in [-0.2, -0.15) is 4.99 Å². The maximum absolute atomic E-state index is 12.8. The SMILES string of the molecule is N=C1/C(=C/c2cc(Cl)c(OCCOc3ccccc3)c(Cl)c2)C(=O)N=C2SC=C(c3ccccc3)N12. The lowest BCUT2D eigenvalue weighted by Gasteiger charge is -2.27. The molecule has 2 aliphatic rings. The van der Waals surface area contributed by atoms with E-state index in [-0.39, 0.29) is 28.1 Å². The zero-order valence-corrected chi connectivity index (χ0v) is 21.1. The van der Waals surface area contributed by atoms with Crippen LogP contribution >= 0.6 is 35.0 Å². The molecule has 0 aromatic heterocycles. The zero-order valence-electron chi connectivity index (χ0n) is 18.8. The Hall–Kier alpha value is -3.52. The fourth-order valence-electron chi connectivity index (χ4n) is 3.70. The van der Waals surface area contributed by atoms with E-state index in [1.165, 1.54) is 11.8 Å². The van der Waals surface area contributed by atoms with Gasteiger partial charge in [-0.15, -0.1) is 0 Å². The van der Waals surface area contributed by atoms with Gasteiger partial charge in [-0.1, -0.05) is 83.5 Å². The maximum atomic E-state index is 12.8. The summed E-state index contributed by atoms with van der Waals surface area (Å²) in [4.78, 5) is 18.6. The Morgan fingerprint density at radius 2 is 1.58 bits per heavy atom. The molecule has 0 fully saturated rings. The topological polar surface area (TPSA) is 75.0 Å². The van der Waals surface area contributed by atoms with Gasteiger partial charge in [0.15, 0.2) is 10.9 Å². The van der Waals surface area contributed by atoms with Crippen LogP contribution < -0.4 is 9.47 Å². The first-order valence-corrected chi connectivity index (χ1v) is 12.6. The van der Waals surface area contributed by atoms with Gasteiger partial charge in [0.1, 0.15) is 24.8 Å². The van der Waals surface area contributed by atoms with Gasteiger partial charge in [0.2, 0.25) is 0 Å². The first-order chi connectivity index (χ1) is 17.5. The van der Waals surface area contributed by atoms with Gasteiger partial charge in [-0.25, -0.2) is 0 Å². The molecule has 9 heteroatoms. The first-order valence-electron chi connectivity index (χ1n) is 11.0. The number of carbonyl (C=O) groups is 1. The normalized spacial score (nSPS) is 16.1. The summed E-state index contributed by atoms with van der Waals surface area (Å²) >= 11 is 14.2. The summed E-state index contributed by atoms with van der Waals surface area (Å²) in [5.74, 6) is 0.614. The molecule has 2 aliphatic heterocycles. The van der Waals surface area contributed by atoms with E-state index < -0.39 is 5.91 Å². The minimum atomic E-state index is -0.493. The number of nitrogens with zero attached hydrogens (tertiary/aromatic N) is 2. The summed E-state index contributed by atoms with van der Waals surface area (Å²) in [6.45, 7) is 0.566. The van der Waals surface area contributed by atoms with Gasteiger partial charge in [0.25, 0.3) is 5.91 Å². The molecule has 0 spiro atoms. The van der Waals surface area contributed by atoms with Gasteiger partial charge in [0, 0.05) is 5.41 Å². The van der Waals surface area contributed by atoms with Crippen LogP contribution in [0.15, 0.2) is 88.8 Å². The number of aliphatic imine (C=N–C) groups is 1. The van der Waals surface area contributed by atoms with Crippen LogP contribution in [-0.4, -0.2) is 35.0 Å². The van der Waals surface area contributed by atoms with E-state index in [4.69, 9.17) is 38.1 Å². The number of amidine groups is 2. The Morgan fingerprint density at radius 1 is 0.944 bits per heavy atom. The summed E-state index contributed by atoms with van der Waals surface area (Å²) < 4.78 is 11.4. The molecule has 0 saturated carbocycles. The molecule has 2 heterocycles. The van der Waals surface area contributed by atoms with Gasteiger partial charge >= 0.3 is 0 Å². The number of nitrogens with one attached hydrogen (secondary N) is 1. The first kappa shape index (κ1) is 24.2. The third-order valence-electron chi connectivity index (χ3n) is 5.36. The van der Waals surface area contributed by atoms with E-state index in [1.807, 2.05) is 66.1 Å². The van der Waals surface area contributed by atoms with Gasteiger partial charge in [-0.05, 0) is 41.5 Å². The minimum absolute atomic E-state index is 0.0377. The Bertz CT molecular complexity index is 1400. The second-order valence-electron chi connectivity index (χ2n) is 7.75. The Balaban J connectivity index is 1.33. The van der Waals surface area contributed by atoms with E-state index in [0.29, 0.717) is 23.1 Å². The van der Waals surface area contributed by atoms with Crippen LogP contribution in [0.25, 0.3) is 11.8 Å². The van der Waals surface area contributed by atoms with Crippen LogP contribution in [0.3, 0.4) is 0 Å². The van der Waals surface area contributed by atoms with E-state index in [2.05, 4.69) is 4.99 Å². The molecule has 36 heavy (non-hydrogen) atoms. The van der Waals surface area contributed by atoms with E-state index >= 15 is 0 Å². The number of benzene rings is 3. The number of carbonyl (C=O) groups excluding carboxylic acids is 1. The molecule has 3 aromatic carbocycles. The average molecular weight is 536 g/mol. The smallest absolute Gasteiger partial charge is 0.283 e. The number of ether oxygens (including phenoxy) is 2. The van der Waals surface area contributed by atoms with Crippen LogP contribution in [0.1, 0.15) is 11.1 Å². The molecule has 0 unspecified atom stereocenters. The Kier molecular flexibility index (Phi) is 7.13. The fraction of sp³-hybridized carbons (Fsp3) is 0.0741. The number of amides is 1. The summed E-state index contributed by atoms with van der Waals surface area (Å²) in [5, 5.41) is 11.7. The molecule has 1 N–H and O–H groups in total. The number of thioether (sulfide) groups is 1. The predicted molar refractivity (Wildman–Crippen MR) is 146 cm³/mol. The number of para-hydroxylation sites is 1. The largest absolute Gasteiger partial charge is 0.490 e. The lowest BCUT2D eigenvalue weighted by atomic mass is 10.1. The van der Waals surface area contributed by atoms with Crippen molar-refractivity contribution in [2.45, 2.75) is 0 Å². The van der Waals surface area contributed by atoms with Crippen molar-refractivity contribution in [2.75, 3.05) is 13.2 Å². The highest BCUT2D eigenvalue weighted by atomic mass is 35.5. The molecule has 180 valence electrons. The summed E-state index contributed by atoms with van der Waals surface area (Å²) in [6, 6.07) is 22.4. The zero-order chi connectivity index (χ0) is 25.1. The van der Waals surface area contributed by atoms with Gasteiger partial charge in [-0.3, -0.25) is 15.1 Å². The van der Waals surface area contributed by atoms with Crippen molar-refractivity contribution in [1.29, 1.82) is 5.41 Å². The quantitative estimate of drug-likeness (QED) is 0.267. The summed E-state index contributed by atoms with van der Waals surface area (Å²) in [5.41, 5.74) is 2.42. The molecular formula is C27H19Cl2N3O3S. The fourth-order valence-corrected chi connectivity index (χ4v) is 5.20. The molecule has 0 saturated heterocycles. The van der Waals surface area contributed by atoms with Crippen LogP contribution in [0.5, 0.6) is 11.5 Å². The van der Waals surface area contributed by atoms with Crippen molar-refractivity contribution in [3.63, 3.8) is 0 Å². The molecule has 6 nitrogen and oxygen atoms in total. The standard InChI is InChI=1S/C27H19Cl2N3O3S/c28-21-14-17(15-22(29)24(21)35-12-11-34-19-9-5-2-6-10-19)13-20-25(30)32-23(18-7-3-1-4-8-18)16-36-27(32)31-26(20)33/h1-10,13-16,30H,11-12H2/b20-13-,30-25?. The third kappa shape index (κ3) is 5.04. The molecule has 0 atom stereocenters. The molecule has 0 bridgehead atoms. The van der Waals surface area contributed by atoms with Crippen LogP contribution in [0.2, 0.25) is 10.0 Å². The number of rotatable bonds is 7. The van der Waals surface area contributed by atoms with Crippen molar-refractivity contribution in [3.05, 3.63) is 105 Å². The van der Waals surface area contributed by atoms with Crippen molar-refractivity contribution >= 4 is 63.6 Å². The highest BCUT2D eigenvalue weighted by molar-refractivity contribution is 8.17. The van der Waals surface area contributed by atoms with E-state index in [0.717, 1.165) is 17.0 Å². The monoisotopic (exact) mass is 535 g/mol. The second-order valence-corrected chi connectivity index (χ2v) is 9.40. The highest BCUT2D eigenvalue weighted by Gasteiger charge is 2.36. The molecule has 0 aliphatic carbocycles. The molecule has 0 radical (unpaired) electrons. The maximum Gasteiger partial charge on any atom is 0.283 e. The van der Waals surface area contributed by atoms with E-state index in [1.54, 1.807) is 23.1 Å². The minimum Gasteiger partial charge on any atom is -0.490 e. The average Bonchev–Trinajstić information content (AvgIpc) is 3.31. The van der Waals surface area contributed by atoms with Gasteiger partial charge < -0.3 is 9.47 Å². The predicted octanol–water partition coefficient (Wildman–Crippen LogP) is 6.76. The highest BCUT2D eigenvalue weighted by Crippen LogP contribution is 2.38. The molecular weight excluding hydrogens is 517 g/mol. The molecule has 5 rings (SSSR count). The lowest BCUT2D eigenvalue weighted by molar-refractivity contribution is -0.114. The number of fused-ring (bicyclic) bond motifs is 1. The van der Waals surface area contributed by atoms with Crippen molar-refractivity contribution < 1.29 is 14.3 Å². The lowest BCUT2D eigenvalue weighted by Crippen LogP contribution is -2.38. The Morgan fingerprint density at radius 3 is 2.28 bits per heavy atom. The van der Waals surface area contributed by atoms with Crippen molar-refractivity contribution in [3.8, 4) is 11.5 Å². The number of hydrogen-bond donors (Lipinski definition) is 1. The number of hydrogen-bond acceptors (Lipinski definition) is 5. The summed E-state index contributed by atoms with van der Waals surface area (Å²) in [7, 11) is 0. The van der Waals surface area contributed by atoms with Crippen molar-refractivity contribution in [2.24, 2.45) is 4.99 Å². The second kappa shape index (κ2) is 10.6. The van der Waals surface area contributed by atoms with Crippen molar-refractivity contribution in [1.82, 2.24) is 4.90 Å². The third-order valence-corrected chi connectivity index (χ3v) is 6.74. The van der Waals surface area contributed by atoms with E-state index in [9.17, 15) is 4.79 Å². The number of halogens is 2.